The van der Waals surface area contributed by atoms with Gasteiger partial charge in [-0.25, -0.2) is 9.97 Å². The number of hydrogen-bond acceptors (Lipinski definition) is 5. The third kappa shape index (κ3) is 4.94. The molecule has 0 spiro atoms. The fourth-order valence-electron chi connectivity index (χ4n) is 2.65. The zero-order valence-electron chi connectivity index (χ0n) is 13.2. The maximum absolute atomic E-state index is 12.6. The van der Waals surface area contributed by atoms with Gasteiger partial charge < -0.3 is 5.32 Å². The van der Waals surface area contributed by atoms with Crippen LogP contribution >= 0.6 is 23.1 Å². The Morgan fingerprint density at radius 1 is 1.32 bits per heavy atom. The molecule has 0 aliphatic heterocycles. The maximum Gasteiger partial charge on any atom is 0.447 e. The van der Waals surface area contributed by atoms with E-state index in [9.17, 15) is 18.0 Å². The number of carbonyl (C=O) groups excluding carboxylic acids is 1. The fraction of sp³-hybridized carbons (Fsp3) is 0.438. The van der Waals surface area contributed by atoms with Gasteiger partial charge in [0.2, 0.25) is 0 Å². The first-order valence-electron chi connectivity index (χ1n) is 7.89. The van der Waals surface area contributed by atoms with Crippen LogP contribution in [0.5, 0.6) is 0 Å². The molecule has 1 aliphatic carbocycles. The molecule has 1 N–H and O–H groups in total. The van der Waals surface area contributed by atoms with Crippen LogP contribution in [-0.2, 0) is 19.3 Å². The van der Waals surface area contributed by atoms with E-state index in [2.05, 4.69) is 15.3 Å². The Kier molecular flexibility index (Phi) is 5.63. The molecule has 25 heavy (non-hydrogen) atoms. The summed E-state index contributed by atoms with van der Waals surface area (Å²) in [5, 5.41) is 3.29. The Hall–Kier alpha value is -1.61. The number of thiazole rings is 1. The number of aromatic nitrogens is 2. The quantitative estimate of drug-likeness (QED) is 0.788. The molecule has 2 aromatic rings. The summed E-state index contributed by atoms with van der Waals surface area (Å²) < 4.78 is 37.7. The van der Waals surface area contributed by atoms with Crippen molar-refractivity contribution in [3.8, 4) is 0 Å². The van der Waals surface area contributed by atoms with Crippen molar-refractivity contribution in [3.05, 3.63) is 39.5 Å². The monoisotopic (exact) mass is 387 g/mol. The first-order chi connectivity index (χ1) is 11.9. The van der Waals surface area contributed by atoms with Crippen LogP contribution in [-0.4, -0.2) is 27.9 Å². The van der Waals surface area contributed by atoms with Gasteiger partial charge in [-0.2, -0.15) is 13.2 Å². The Bertz CT molecular complexity index is 738. The molecule has 0 unspecified atom stereocenters. The molecule has 0 bridgehead atoms. The summed E-state index contributed by atoms with van der Waals surface area (Å²) in [6, 6.07) is 2.79. The first kappa shape index (κ1) is 18.2. The summed E-state index contributed by atoms with van der Waals surface area (Å²) >= 11 is 1.29. The smallest absolute Gasteiger partial charge is 0.352 e. The van der Waals surface area contributed by atoms with Crippen LogP contribution in [0.1, 0.15) is 38.8 Å². The Balaban J connectivity index is 1.59. The van der Waals surface area contributed by atoms with Gasteiger partial charge in [0.15, 0.2) is 0 Å². The van der Waals surface area contributed by atoms with E-state index in [0.717, 1.165) is 30.0 Å². The molecular weight excluding hydrogens is 371 g/mol. The third-order valence-electron chi connectivity index (χ3n) is 3.74. The number of pyridine rings is 1. The predicted octanol–water partition coefficient (Wildman–Crippen LogP) is 4.00. The third-order valence-corrected chi connectivity index (χ3v) is 5.71. The van der Waals surface area contributed by atoms with Gasteiger partial charge >= 0.3 is 5.51 Å². The lowest BCUT2D eigenvalue weighted by Crippen LogP contribution is -2.26. The van der Waals surface area contributed by atoms with Crippen LogP contribution in [0.4, 0.5) is 13.2 Å². The normalized spacial score (nSPS) is 14.2. The van der Waals surface area contributed by atoms with Crippen molar-refractivity contribution in [2.75, 3.05) is 6.54 Å². The number of amides is 1. The zero-order valence-corrected chi connectivity index (χ0v) is 14.9. The van der Waals surface area contributed by atoms with Gasteiger partial charge in [0.25, 0.3) is 5.91 Å². The molecular formula is C16H16F3N3OS2. The second-order valence-electron chi connectivity index (χ2n) is 5.59. The lowest BCUT2D eigenvalue weighted by atomic mass is 10.0. The molecule has 0 radical (unpaired) electrons. The molecule has 1 amide bonds. The minimum absolute atomic E-state index is 0.0664. The fourth-order valence-corrected chi connectivity index (χ4v) is 4.40. The van der Waals surface area contributed by atoms with E-state index >= 15 is 0 Å². The Labute approximate surface area is 151 Å². The van der Waals surface area contributed by atoms with E-state index in [1.165, 1.54) is 29.6 Å². The summed E-state index contributed by atoms with van der Waals surface area (Å²) in [5.41, 5.74) is -3.39. The van der Waals surface area contributed by atoms with E-state index in [0.29, 0.717) is 13.0 Å². The van der Waals surface area contributed by atoms with Crippen LogP contribution < -0.4 is 5.32 Å². The van der Waals surface area contributed by atoms with Crippen LogP contribution in [0, 0.1) is 0 Å². The average Bonchev–Trinajstić information content (AvgIpc) is 2.96. The number of alkyl halides is 3. The number of fused-ring (bicyclic) bond motifs is 1. The average molecular weight is 387 g/mol. The second-order valence-corrected chi connectivity index (χ2v) is 7.82. The summed E-state index contributed by atoms with van der Waals surface area (Å²) in [7, 11) is 0. The van der Waals surface area contributed by atoms with Crippen LogP contribution in [0.2, 0.25) is 0 Å². The van der Waals surface area contributed by atoms with Crippen molar-refractivity contribution in [2.24, 2.45) is 0 Å². The van der Waals surface area contributed by atoms with E-state index in [1.807, 2.05) is 0 Å². The van der Waals surface area contributed by atoms with Crippen molar-refractivity contribution in [1.29, 1.82) is 0 Å². The molecule has 1 aliphatic rings. The number of halogens is 3. The number of nitrogens with one attached hydrogen (secondary N) is 1. The first-order valence-corrected chi connectivity index (χ1v) is 9.52. The van der Waals surface area contributed by atoms with Crippen LogP contribution in [0.15, 0.2) is 23.4 Å². The molecule has 3 rings (SSSR count). The van der Waals surface area contributed by atoms with Crippen molar-refractivity contribution < 1.29 is 18.0 Å². The second kappa shape index (κ2) is 7.74. The van der Waals surface area contributed by atoms with Crippen molar-refractivity contribution in [1.82, 2.24) is 15.3 Å². The Morgan fingerprint density at radius 3 is 2.88 bits per heavy atom. The van der Waals surface area contributed by atoms with Gasteiger partial charge in [-0.05, 0) is 37.8 Å². The van der Waals surface area contributed by atoms with Gasteiger partial charge in [0.05, 0.1) is 16.3 Å². The molecule has 0 aromatic carbocycles. The highest BCUT2D eigenvalue weighted by atomic mass is 32.2. The van der Waals surface area contributed by atoms with Gasteiger partial charge in [-0.1, -0.05) is 0 Å². The predicted molar refractivity (Wildman–Crippen MR) is 90.9 cm³/mol. The van der Waals surface area contributed by atoms with Gasteiger partial charge in [0.1, 0.15) is 5.03 Å². The lowest BCUT2D eigenvalue weighted by Gasteiger charge is -2.10. The highest BCUT2D eigenvalue weighted by Gasteiger charge is 2.32. The van der Waals surface area contributed by atoms with E-state index in [-0.39, 0.29) is 22.4 Å². The van der Waals surface area contributed by atoms with Gasteiger partial charge in [0, 0.05) is 35.8 Å². The molecule has 9 heteroatoms. The number of nitrogens with zero attached hydrogens (tertiary/aromatic N) is 2. The Morgan fingerprint density at radius 2 is 2.12 bits per heavy atom. The molecule has 2 heterocycles. The molecule has 2 aromatic heterocycles. The highest BCUT2D eigenvalue weighted by molar-refractivity contribution is 8.00. The lowest BCUT2D eigenvalue weighted by molar-refractivity contribution is -0.0329. The largest absolute Gasteiger partial charge is 0.447 e. The van der Waals surface area contributed by atoms with E-state index < -0.39 is 11.4 Å². The molecule has 0 atom stereocenters. The molecule has 0 fully saturated rings. The summed E-state index contributed by atoms with van der Waals surface area (Å²) in [4.78, 5) is 21.8. The van der Waals surface area contributed by atoms with E-state index in [4.69, 9.17) is 0 Å². The SMILES string of the molecule is O=C(NCCc1nc2c(s1)CCCC2)c1cccnc1SC(F)(F)F. The molecule has 0 saturated carbocycles. The minimum atomic E-state index is -4.48. The number of rotatable bonds is 5. The minimum Gasteiger partial charge on any atom is -0.352 e. The number of carbonyl (C=O) groups is 1. The van der Waals surface area contributed by atoms with Crippen molar-refractivity contribution in [2.45, 2.75) is 42.6 Å². The maximum atomic E-state index is 12.6. The summed E-state index contributed by atoms with van der Waals surface area (Å²) in [6.45, 7) is 0.330. The summed E-state index contributed by atoms with van der Waals surface area (Å²) in [6.07, 6.45) is 6.23. The van der Waals surface area contributed by atoms with Crippen molar-refractivity contribution in [3.63, 3.8) is 0 Å². The topological polar surface area (TPSA) is 54.9 Å². The van der Waals surface area contributed by atoms with Crippen LogP contribution in [0.25, 0.3) is 0 Å². The zero-order chi connectivity index (χ0) is 17.9. The van der Waals surface area contributed by atoms with Gasteiger partial charge in [-0.15, -0.1) is 11.3 Å². The number of hydrogen-bond donors (Lipinski definition) is 1. The standard InChI is InChI=1S/C16H16F3N3OS2/c17-16(18,19)25-15-10(4-3-8-21-15)14(23)20-9-7-13-22-11-5-1-2-6-12(11)24-13/h3-4,8H,1-2,5-7,9H2,(H,20,23). The molecule has 4 nitrogen and oxygen atoms in total. The summed E-state index contributed by atoms with van der Waals surface area (Å²) in [5.74, 6) is -0.554. The van der Waals surface area contributed by atoms with Crippen LogP contribution in [0.3, 0.4) is 0 Å². The van der Waals surface area contributed by atoms with E-state index in [1.54, 1.807) is 11.3 Å². The van der Waals surface area contributed by atoms with Gasteiger partial charge in [-0.3, -0.25) is 4.79 Å². The highest BCUT2D eigenvalue weighted by Crippen LogP contribution is 2.37. The number of thioether (sulfide) groups is 1. The molecule has 134 valence electrons. The van der Waals surface area contributed by atoms with Crippen molar-refractivity contribution >= 4 is 29.0 Å². The number of aryl methyl sites for hydroxylation is 2. The molecule has 0 saturated heterocycles.